The third-order valence-electron chi connectivity index (χ3n) is 3.63. The van der Waals surface area contributed by atoms with Gasteiger partial charge in [0.25, 0.3) is 0 Å². The van der Waals surface area contributed by atoms with Gasteiger partial charge in [0.15, 0.2) is 11.8 Å². The maximum absolute atomic E-state index is 6.02. The Bertz CT molecular complexity index is 850. The van der Waals surface area contributed by atoms with Gasteiger partial charge in [-0.25, -0.2) is 9.98 Å². The molecule has 0 spiro atoms. The number of benzene rings is 2. The summed E-state index contributed by atoms with van der Waals surface area (Å²) in [4.78, 5) is 8.56. The highest BCUT2D eigenvalue weighted by Gasteiger charge is 2.04. The predicted molar refractivity (Wildman–Crippen MR) is 113 cm³/mol. The van der Waals surface area contributed by atoms with E-state index in [1.807, 2.05) is 48.5 Å². The standard InChI is InChI=1S/C18H20N6O.HI/c1-25-11-15-6-2-3-8-16(15)23-18(19)20-10-13-5-4-7-14(9-13)17-21-12-22-24-17;/h2-9,12H,10-11H2,1H3,(H3,19,20,23)(H,21,22,24);1H. The molecule has 0 atom stereocenters. The molecule has 3 aromatic rings. The van der Waals surface area contributed by atoms with E-state index in [2.05, 4.69) is 25.5 Å². The van der Waals surface area contributed by atoms with Gasteiger partial charge in [-0.2, -0.15) is 5.10 Å². The summed E-state index contributed by atoms with van der Waals surface area (Å²) < 4.78 is 5.19. The lowest BCUT2D eigenvalue weighted by Crippen LogP contribution is -2.23. The molecule has 0 aliphatic heterocycles. The van der Waals surface area contributed by atoms with Crippen LogP contribution in [0.2, 0.25) is 0 Å². The topological polar surface area (TPSA) is 101 Å². The third kappa shape index (κ3) is 5.27. The van der Waals surface area contributed by atoms with Crippen molar-refractivity contribution in [3.63, 3.8) is 0 Å². The summed E-state index contributed by atoms with van der Waals surface area (Å²) in [5, 5.41) is 9.85. The number of aliphatic imine (C=N–C) groups is 1. The monoisotopic (exact) mass is 464 g/mol. The van der Waals surface area contributed by atoms with E-state index in [1.54, 1.807) is 7.11 Å². The molecule has 7 nitrogen and oxygen atoms in total. The summed E-state index contributed by atoms with van der Waals surface area (Å²) in [5.74, 6) is 1.08. The second-order valence-corrected chi connectivity index (χ2v) is 5.45. The lowest BCUT2D eigenvalue weighted by molar-refractivity contribution is 0.185. The van der Waals surface area contributed by atoms with Crippen molar-refractivity contribution in [2.45, 2.75) is 13.2 Å². The van der Waals surface area contributed by atoms with E-state index in [0.717, 1.165) is 28.2 Å². The lowest BCUT2D eigenvalue weighted by Gasteiger charge is -2.11. The number of H-pyrrole nitrogens is 1. The zero-order valence-corrected chi connectivity index (χ0v) is 16.7. The number of hydrogen-bond acceptors (Lipinski definition) is 4. The highest BCUT2D eigenvalue weighted by molar-refractivity contribution is 14.0. The van der Waals surface area contributed by atoms with Crippen molar-refractivity contribution < 1.29 is 4.74 Å². The zero-order chi connectivity index (χ0) is 17.5. The third-order valence-corrected chi connectivity index (χ3v) is 3.63. The number of aromatic amines is 1. The van der Waals surface area contributed by atoms with Crippen molar-refractivity contribution in [2.75, 3.05) is 12.4 Å². The van der Waals surface area contributed by atoms with Crippen molar-refractivity contribution in [1.82, 2.24) is 15.2 Å². The summed E-state index contributed by atoms with van der Waals surface area (Å²) in [6, 6.07) is 15.8. The number of aromatic nitrogens is 3. The number of rotatable bonds is 6. The zero-order valence-electron chi connectivity index (χ0n) is 14.3. The van der Waals surface area contributed by atoms with Gasteiger partial charge in [0.05, 0.1) is 13.2 Å². The number of nitrogens with zero attached hydrogens (tertiary/aromatic N) is 3. The van der Waals surface area contributed by atoms with Gasteiger partial charge in [0, 0.05) is 23.9 Å². The molecule has 136 valence electrons. The highest BCUT2D eigenvalue weighted by atomic mass is 127. The number of anilines is 1. The largest absolute Gasteiger partial charge is 0.380 e. The molecule has 0 radical (unpaired) electrons. The summed E-state index contributed by atoms with van der Waals surface area (Å²) >= 11 is 0. The molecule has 0 unspecified atom stereocenters. The van der Waals surface area contributed by atoms with Gasteiger partial charge in [-0.05, 0) is 17.7 Å². The molecule has 26 heavy (non-hydrogen) atoms. The molecule has 8 heteroatoms. The van der Waals surface area contributed by atoms with Crippen LogP contribution >= 0.6 is 24.0 Å². The van der Waals surface area contributed by atoms with Gasteiger partial charge in [-0.3, -0.25) is 5.10 Å². The van der Waals surface area contributed by atoms with Crippen LogP contribution in [0, 0.1) is 0 Å². The van der Waals surface area contributed by atoms with Gasteiger partial charge in [-0.1, -0.05) is 36.4 Å². The minimum atomic E-state index is 0. The first kappa shape index (κ1) is 19.9. The van der Waals surface area contributed by atoms with Crippen LogP contribution in [0.3, 0.4) is 0 Å². The summed E-state index contributed by atoms with van der Waals surface area (Å²) in [6.07, 6.45) is 1.49. The first-order valence-electron chi connectivity index (χ1n) is 7.84. The van der Waals surface area contributed by atoms with Crippen molar-refractivity contribution in [2.24, 2.45) is 10.7 Å². The lowest BCUT2D eigenvalue weighted by atomic mass is 10.1. The number of ether oxygens (including phenoxy) is 1. The van der Waals surface area contributed by atoms with Crippen molar-refractivity contribution in [1.29, 1.82) is 0 Å². The summed E-state index contributed by atoms with van der Waals surface area (Å²) in [7, 11) is 1.66. The Kier molecular flexibility index (Phi) is 7.54. The number of nitrogens with two attached hydrogens (primary N) is 1. The number of nitrogens with one attached hydrogen (secondary N) is 2. The van der Waals surface area contributed by atoms with E-state index in [1.165, 1.54) is 6.33 Å². The van der Waals surface area contributed by atoms with Gasteiger partial charge in [0.2, 0.25) is 0 Å². The Morgan fingerprint density at radius 2 is 2.08 bits per heavy atom. The van der Waals surface area contributed by atoms with E-state index in [0.29, 0.717) is 19.1 Å². The van der Waals surface area contributed by atoms with Crippen LogP contribution in [0.4, 0.5) is 5.69 Å². The fourth-order valence-electron chi connectivity index (χ4n) is 2.44. The predicted octanol–water partition coefficient (Wildman–Crippen LogP) is 3.16. The molecule has 0 bridgehead atoms. The Labute approximate surface area is 169 Å². The molecule has 2 aromatic carbocycles. The van der Waals surface area contributed by atoms with Crippen LogP contribution in [-0.2, 0) is 17.9 Å². The van der Waals surface area contributed by atoms with Crippen LogP contribution in [0.25, 0.3) is 11.4 Å². The molecule has 4 N–H and O–H groups in total. The molecule has 3 rings (SSSR count). The molecule has 0 amide bonds. The van der Waals surface area contributed by atoms with Crippen molar-refractivity contribution in [3.8, 4) is 11.4 Å². The summed E-state index contributed by atoms with van der Waals surface area (Å²) in [6.45, 7) is 0.975. The summed E-state index contributed by atoms with van der Waals surface area (Å²) in [5.41, 5.74) is 9.93. The average Bonchev–Trinajstić information content (AvgIpc) is 3.17. The molecule has 1 heterocycles. The molecule has 0 saturated heterocycles. The first-order valence-corrected chi connectivity index (χ1v) is 7.84. The molecule has 0 aliphatic rings. The molecule has 0 fully saturated rings. The number of halogens is 1. The van der Waals surface area contributed by atoms with E-state index in [4.69, 9.17) is 10.5 Å². The molecule has 1 aromatic heterocycles. The van der Waals surface area contributed by atoms with Gasteiger partial charge < -0.3 is 15.8 Å². The normalized spacial score (nSPS) is 11.0. The maximum atomic E-state index is 6.02. The van der Waals surface area contributed by atoms with Crippen LogP contribution in [0.1, 0.15) is 11.1 Å². The Morgan fingerprint density at radius 1 is 1.23 bits per heavy atom. The number of guanidine groups is 1. The Morgan fingerprint density at radius 3 is 2.85 bits per heavy atom. The van der Waals surface area contributed by atoms with Gasteiger partial charge >= 0.3 is 0 Å². The molecule has 0 aliphatic carbocycles. The number of hydrogen-bond donors (Lipinski definition) is 3. The second kappa shape index (κ2) is 9.88. The molecular formula is C18H21IN6O. The van der Waals surface area contributed by atoms with E-state index >= 15 is 0 Å². The number of methoxy groups -OCH3 is 1. The fraction of sp³-hybridized carbons (Fsp3) is 0.167. The first-order chi connectivity index (χ1) is 12.3. The molecular weight excluding hydrogens is 443 g/mol. The quantitative estimate of drug-likeness (QED) is 0.296. The SMILES string of the molecule is COCc1ccccc1NC(N)=NCc1cccc(-c2ncn[nH]2)c1.I. The van der Waals surface area contributed by atoms with Crippen LogP contribution < -0.4 is 11.1 Å². The maximum Gasteiger partial charge on any atom is 0.193 e. The van der Waals surface area contributed by atoms with Gasteiger partial charge in [-0.15, -0.1) is 24.0 Å². The van der Waals surface area contributed by atoms with Crippen molar-refractivity contribution in [3.05, 3.63) is 66.0 Å². The Hall–Kier alpha value is -2.46. The van der Waals surface area contributed by atoms with Crippen LogP contribution in [-0.4, -0.2) is 28.3 Å². The van der Waals surface area contributed by atoms with E-state index in [-0.39, 0.29) is 24.0 Å². The molecule has 0 saturated carbocycles. The minimum Gasteiger partial charge on any atom is -0.380 e. The van der Waals surface area contributed by atoms with Crippen LogP contribution in [0.5, 0.6) is 0 Å². The van der Waals surface area contributed by atoms with E-state index < -0.39 is 0 Å². The fourth-order valence-corrected chi connectivity index (χ4v) is 2.44. The smallest absolute Gasteiger partial charge is 0.193 e. The van der Waals surface area contributed by atoms with E-state index in [9.17, 15) is 0 Å². The van der Waals surface area contributed by atoms with Gasteiger partial charge in [0.1, 0.15) is 6.33 Å². The highest BCUT2D eigenvalue weighted by Crippen LogP contribution is 2.17. The average molecular weight is 464 g/mol. The van der Waals surface area contributed by atoms with Crippen molar-refractivity contribution >= 4 is 35.6 Å². The number of para-hydroxylation sites is 1. The minimum absolute atomic E-state index is 0. The van der Waals surface area contributed by atoms with Crippen LogP contribution in [0.15, 0.2) is 59.9 Å². The second-order valence-electron chi connectivity index (χ2n) is 5.45. The Balaban J connectivity index is 0.00000243.